The van der Waals surface area contributed by atoms with E-state index in [2.05, 4.69) is 10.3 Å². The van der Waals surface area contributed by atoms with Crippen LogP contribution in [0.15, 0.2) is 59.8 Å². The lowest BCUT2D eigenvalue weighted by atomic mass is 10.0. The van der Waals surface area contributed by atoms with Crippen molar-refractivity contribution in [2.75, 3.05) is 0 Å². The summed E-state index contributed by atoms with van der Waals surface area (Å²) in [5.74, 6) is -0.0656. The molecule has 6 heteroatoms. The first-order valence-electron chi connectivity index (χ1n) is 6.75. The molecule has 0 fully saturated rings. The van der Waals surface area contributed by atoms with Crippen LogP contribution in [0.1, 0.15) is 17.2 Å². The molecule has 22 heavy (non-hydrogen) atoms. The van der Waals surface area contributed by atoms with Crippen molar-refractivity contribution in [3.05, 3.63) is 76.0 Å². The SMILES string of the molecule is O=C(Cn1ccnc1)NC(c1ccc(Cl)cc1)c1ccsc1. The number of carbonyl (C=O) groups is 1. The minimum absolute atomic E-state index is 0.0656. The highest BCUT2D eigenvalue weighted by Crippen LogP contribution is 2.25. The van der Waals surface area contributed by atoms with Crippen LogP contribution in [0.25, 0.3) is 0 Å². The lowest BCUT2D eigenvalue weighted by Gasteiger charge is -2.19. The van der Waals surface area contributed by atoms with Gasteiger partial charge in [-0.2, -0.15) is 11.3 Å². The molecule has 0 aliphatic rings. The van der Waals surface area contributed by atoms with Gasteiger partial charge in [0.15, 0.2) is 0 Å². The van der Waals surface area contributed by atoms with Gasteiger partial charge in [-0.3, -0.25) is 4.79 Å². The van der Waals surface area contributed by atoms with E-state index in [9.17, 15) is 4.79 Å². The van der Waals surface area contributed by atoms with Crippen LogP contribution < -0.4 is 5.32 Å². The van der Waals surface area contributed by atoms with Gasteiger partial charge in [0.05, 0.1) is 12.4 Å². The molecule has 0 spiro atoms. The number of hydrogen-bond donors (Lipinski definition) is 1. The summed E-state index contributed by atoms with van der Waals surface area (Å²) in [4.78, 5) is 16.2. The summed E-state index contributed by atoms with van der Waals surface area (Å²) in [7, 11) is 0. The Morgan fingerprint density at radius 1 is 1.27 bits per heavy atom. The van der Waals surface area contributed by atoms with Gasteiger partial charge in [-0.15, -0.1) is 0 Å². The molecule has 0 radical (unpaired) electrons. The predicted octanol–water partition coefficient (Wildman–Crippen LogP) is 3.50. The van der Waals surface area contributed by atoms with E-state index < -0.39 is 0 Å². The Labute approximate surface area is 137 Å². The highest BCUT2D eigenvalue weighted by Gasteiger charge is 2.17. The molecule has 4 nitrogen and oxygen atoms in total. The second kappa shape index (κ2) is 6.77. The number of nitrogens with zero attached hydrogens (tertiary/aromatic N) is 2. The van der Waals surface area contributed by atoms with Gasteiger partial charge in [-0.05, 0) is 40.1 Å². The zero-order valence-corrected chi connectivity index (χ0v) is 13.2. The summed E-state index contributed by atoms with van der Waals surface area (Å²) in [6, 6.07) is 9.36. The van der Waals surface area contributed by atoms with Crippen molar-refractivity contribution in [3.63, 3.8) is 0 Å². The number of rotatable bonds is 5. The van der Waals surface area contributed by atoms with E-state index in [4.69, 9.17) is 11.6 Å². The van der Waals surface area contributed by atoms with Crippen molar-refractivity contribution in [2.24, 2.45) is 0 Å². The Kier molecular flexibility index (Phi) is 4.56. The number of thiophene rings is 1. The van der Waals surface area contributed by atoms with Crippen LogP contribution in [0.2, 0.25) is 5.02 Å². The van der Waals surface area contributed by atoms with E-state index >= 15 is 0 Å². The summed E-state index contributed by atoms with van der Waals surface area (Å²) >= 11 is 7.55. The van der Waals surface area contributed by atoms with Gasteiger partial charge in [0, 0.05) is 17.4 Å². The van der Waals surface area contributed by atoms with Crippen molar-refractivity contribution >= 4 is 28.8 Å². The van der Waals surface area contributed by atoms with E-state index in [0.29, 0.717) is 5.02 Å². The molecule has 2 heterocycles. The van der Waals surface area contributed by atoms with Crippen molar-refractivity contribution in [2.45, 2.75) is 12.6 Å². The summed E-state index contributed by atoms with van der Waals surface area (Å²) in [5.41, 5.74) is 2.06. The quantitative estimate of drug-likeness (QED) is 0.777. The highest BCUT2D eigenvalue weighted by atomic mass is 35.5. The molecule has 0 bridgehead atoms. The Balaban J connectivity index is 1.80. The van der Waals surface area contributed by atoms with Crippen LogP contribution in [-0.4, -0.2) is 15.5 Å². The molecule has 1 unspecified atom stereocenters. The lowest BCUT2D eigenvalue weighted by Crippen LogP contribution is -2.31. The van der Waals surface area contributed by atoms with Crippen LogP contribution in [0.5, 0.6) is 0 Å². The summed E-state index contributed by atoms with van der Waals surface area (Å²) < 4.78 is 1.74. The Bertz CT molecular complexity index is 723. The highest BCUT2D eigenvalue weighted by molar-refractivity contribution is 7.08. The summed E-state index contributed by atoms with van der Waals surface area (Å²) in [5, 5.41) is 7.79. The second-order valence-electron chi connectivity index (χ2n) is 4.84. The van der Waals surface area contributed by atoms with E-state index in [1.54, 1.807) is 34.6 Å². The van der Waals surface area contributed by atoms with Gasteiger partial charge in [0.2, 0.25) is 5.91 Å². The predicted molar refractivity (Wildman–Crippen MR) is 88.0 cm³/mol. The third-order valence-electron chi connectivity index (χ3n) is 3.27. The zero-order valence-electron chi connectivity index (χ0n) is 11.6. The van der Waals surface area contributed by atoms with E-state index in [-0.39, 0.29) is 18.5 Å². The van der Waals surface area contributed by atoms with Gasteiger partial charge in [-0.1, -0.05) is 23.7 Å². The molecule has 112 valence electrons. The van der Waals surface area contributed by atoms with Crippen LogP contribution in [0.4, 0.5) is 0 Å². The Morgan fingerprint density at radius 2 is 2.09 bits per heavy atom. The van der Waals surface area contributed by atoms with Gasteiger partial charge in [0.1, 0.15) is 6.54 Å². The van der Waals surface area contributed by atoms with Crippen molar-refractivity contribution < 1.29 is 4.79 Å². The van der Waals surface area contributed by atoms with Crippen LogP contribution in [0.3, 0.4) is 0 Å². The fourth-order valence-electron chi connectivity index (χ4n) is 2.21. The van der Waals surface area contributed by atoms with Gasteiger partial charge in [-0.25, -0.2) is 4.98 Å². The van der Waals surface area contributed by atoms with Gasteiger partial charge in [0.25, 0.3) is 0 Å². The second-order valence-corrected chi connectivity index (χ2v) is 6.06. The number of aromatic nitrogens is 2. The lowest BCUT2D eigenvalue weighted by molar-refractivity contribution is -0.122. The number of amides is 1. The molecule has 2 aromatic heterocycles. The smallest absolute Gasteiger partial charge is 0.240 e. The maximum atomic E-state index is 12.3. The number of hydrogen-bond acceptors (Lipinski definition) is 3. The summed E-state index contributed by atoms with van der Waals surface area (Å²) in [6.45, 7) is 0.244. The number of imidazole rings is 1. The molecule has 1 amide bonds. The maximum Gasteiger partial charge on any atom is 0.240 e. The van der Waals surface area contributed by atoms with Gasteiger partial charge < -0.3 is 9.88 Å². The molecule has 1 atom stereocenters. The molecule has 0 saturated heterocycles. The van der Waals surface area contributed by atoms with Crippen LogP contribution >= 0.6 is 22.9 Å². The Morgan fingerprint density at radius 3 is 2.73 bits per heavy atom. The minimum atomic E-state index is -0.181. The molecule has 3 aromatic rings. The molecule has 0 aliphatic heterocycles. The number of halogens is 1. The fourth-order valence-corrected chi connectivity index (χ4v) is 3.02. The van der Waals surface area contributed by atoms with Crippen LogP contribution in [-0.2, 0) is 11.3 Å². The number of benzene rings is 1. The molecule has 0 saturated carbocycles. The average molecular weight is 332 g/mol. The third-order valence-corrected chi connectivity index (χ3v) is 4.22. The van der Waals surface area contributed by atoms with Gasteiger partial charge >= 0.3 is 0 Å². The third kappa shape index (κ3) is 3.55. The maximum absolute atomic E-state index is 12.3. The van der Waals surface area contributed by atoms with E-state index in [0.717, 1.165) is 11.1 Å². The van der Waals surface area contributed by atoms with Crippen molar-refractivity contribution in [3.8, 4) is 0 Å². The standard InChI is InChI=1S/C16H14ClN3OS/c17-14-3-1-12(2-4-14)16(13-5-8-22-10-13)19-15(21)9-20-7-6-18-11-20/h1-8,10-11,16H,9H2,(H,19,21). The Hall–Kier alpha value is -2.11. The monoisotopic (exact) mass is 331 g/mol. The number of carbonyl (C=O) groups excluding carboxylic acids is 1. The fraction of sp³-hybridized carbons (Fsp3) is 0.125. The molecule has 3 rings (SSSR count). The first-order valence-corrected chi connectivity index (χ1v) is 8.07. The molecular formula is C16H14ClN3OS. The van der Waals surface area contributed by atoms with E-state index in [1.807, 2.05) is 41.1 Å². The molecule has 0 aliphatic carbocycles. The van der Waals surface area contributed by atoms with Crippen molar-refractivity contribution in [1.82, 2.24) is 14.9 Å². The first kappa shape index (κ1) is 14.8. The number of nitrogens with one attached hydrogen (secondary N) is 1. The van der Waals surface area contributed by atoms with Crippen molar-refractivity contribution in [1.29, 1.82) is 0 Å². The average Bonchev–Trinajstić information content (AvgIpc) is 3.19. The van der Waals surface area contributed by atoms with E-state index in [1.165, 1.54) is 0 Å². The first-order chi connectivity index (χ1) is 10.7. The molecule has 1 aromatic carbocycles. The normalized spacial score (nSPS) is 12.0. The molecular weight excluding hydrogens is 318 g/mol. The molecule has 1 N–H and O–H groups in total. The van der Waals surface area contributed by atoms with Crippen LogP contribution in [0, 0.1) is 0 Å². The largest absolute Gasteiger partial charge is 0.344 e. The zero-order chi connectivity index (χ0) is 15.4. The topological polar surface area (TPSA) is 46.9 Å². The minimum Gasteiger partial charge on any atom is -0.344 e. The summed E-state index contributed by atoms with van der Waals surface area (Å²) in [6.07, 6.45) is 5.05.